The highest BCUT2D eigenvalue weighted by molar-refractivity contribution is 7.92. The number of para-hydroxylation sites is 1. The van der Waals surface area contributed by atoms with E-state index in [4.69, 9.17) is 4.74 Å². The van der Waals surface area contributed by atoms with Gasteiger partial charge in [0.15, 0.2) is 0 Å². The van der Waals surface area contributed by atoms with Gasteiger partial charge in [-0.25, -0.2) is 8.42 Å². The summed E-state index contributed by atoms with van der Waals surface area (Å²) in [6.07, 6.45) is 1.76. The molecular formula is C15H24N2O4S. The zero-order chi connectivity index (χ0) is 16.6. The molecule has 22 heavy (non-hydrogen) atoms. The first-order chi connectivity index (χ1) is 10.3. The van der Waals surface area contributed by atoms with Crippen molar-refractivity contribution in [2.45, 2.75) is 20.3 Å². The van der Waals surface area contributed by atoms with Crippen molar-refractivity contribution in [3.8, 4) is 0 Å². The first kappa shape index (κ1) is 18.4. The Labute approximate surface area is 132 Å². The Kier molecular flexibility index (Phi) is 7.34. The summed E-state index contributed by atoms with van der Waals surface area (Å²) in [5.41, 5.74) is 0.578. The smallest absolute Gasteiger partial charge is 0.253 e. The molecule has 1 amide bonds. The van der Waals surface area contributed by atoms with E-state index in [1.54, 1.807) is 24.3 Å². The van der Waals surface area contributed by atoms with Crippen molar-refractivity contribution in [2.24, 2.45) is 5.92 Å². The third-order valence-electron chi connectivity index (χ3n) is 2.67. The van der Waals surface area contributed by atoms with Crippen LogP contribution in [0, 0.1) is 5.92 Å². The van der Waals surface area contributed by atoms with E-state index in [1.165, 1.54) is 0 Å². The number of hydrogen-bond acceptors (Lipinski definition) is 4. The molecule has 0 bridgehead atoms. The monoisotopic (exact) mass is 328 g/mol. The molecule has 0 fully saturated rings. The number of ether oxygens (including phenoxy) is 1. The van der Waals surface area contributed by atoms with Crippen LogP contribution in [0.2, 0.25) is 0 Å². The topological polar surface area (TPSA) is 84.5 Å². The number of sulfonamides is 1. The normalized spacial score (nSPS) is 11.5. The Morgan fingerprint density at radius 1 is 1.27 bits per heavy atom. The van der Waals surface area contributed by atoms with Crippen LogP contribution in [0.4, 0.5) is 5.69 Å². The summed E-state index contributed by atoms with van der Waals surface area (Å²) in [7, 11) is -3.42. The molecule has 0 aliphatic rings. The van der Waals surface area contributed by atoms with Crippen LogP contribution in [-0.2, 0) is 14.8 Å². The minimum absolute atomic E-state index is 0.276. The van der Waals surface area contributed by atoms with E-state index in [2.05, 4.69) is 23.9 Å². The van der Waals surface area contributed by atoms with Gasteiger partial charge in [-0.2, -0.15) is 0 Å². The molecule has 0 spiro atoms. The van der Waals surface area contributed by atoms with E-state index in [0.29, 0.717) is 37.7 Å². The zero-order valence-electron chi connectivity index (χ0n) is 13.3. The van der Waals surface area contributed by atoms with E-state index in [0.717, 1.165) is 6.26 Å². The van der Waals surface area contributed by atoms with Crippen LogP contribution in [-0.4, -0.2) is 40.3 Å². The maximum atomic E-state index is 12.1. The predicted octanol–water partition coefficient (Wildman–Crippen LogP) is 1.85. The molecule has 0 aliphatic heterocycles. The first-order valence-electron chi connectivity index (χ1n) is 7.22. The number of carbonyl (C=O) groups is 1. The van der Waals surface area contributed by atoms with Gasteiger partial charge in [-0.3, -0.25) is 9.52 Å². The molecular weight excluding hydrogens is 304 g/mol. The minimum atomic E-state index is -3.42. The molecule has 0 aromatic heterocycles. The highest BCUT2D eigenvalue weighted by Crippen LogP contribution is 2.15. The molecule has 0 atom stereocenters. The van der Waals surface area contributed by atoms with Crippen molar-refractivity contribution in [1.82, 2.24) is 5.32 Å². The first-order valence-corrected chi connectivity index (χ1v) is 9.11. The molecule has 1 aromatic carbocycles. The van der Waals surface area contributed by atoms with Crippen LogP contribution in [0.1, 0.15) is 30.6 Å². The molecule has 0 radical (unpaired) electrons. The Bertz CT molecular complexity index is 585. The SMILES string of the molecule is CC(C)COCCCNC(=O)c1ccccc1NS(C)(=O)=O. The molecule has 1 aromatic rings. The van der Waals surface area contributed by atoms with Crippen molar-refractivity contribution < 1.29 is 17.9 Å². The largest absolute Gasteiger partial charge is 0.381 e. The van der Waals surface area contributed by atoms with Crippen molar-refractivity contribution >= 4 is 21.6 Å². The van der Waals surface area contributed by atoms with Gasteiger partial charge in [0.05, 0.1) is 17.5 Å². The number of anilines is 1. The average molecular weight is 328 g/mol. The van der Waals surface area contributed by atoms with Gasteiger partial charge in [-0.05, 0) is 24.5 Å². The lowest BCUT2D eigenvalue weighted by molar-refractivity contribution is 0.0925. The third-order valence-corrected chi connectivity index (χ3v) is 3.26. The fraction of sp³-hybridized carbons (Fsp3) is 0.533. The molecule has 2 N–H and O–H groups in total. The van der Waals surface area contributed by atoms with E-state index in [-0.39, 0.29) is 11.6 Å². The third kappa shape index (κ3) is 7.42. The second kappa shape index (κ2) is 8.75. The molecule has 1 rings (SSSR count). The van der Waals surface area contributed by atoms with Crippen LogP contribution in [0.3, 0.4) is 0 Å². The van der Waals surface area contributed by atoms with Crippen molar-refractivity contribution in [3.63, 3.8) is 0 Å². The predicted molar refractivity (Wildman–Crippen MR) is 87.5 cm³/mol. The summed E-state index contributed by atoms with van der Waals surface area (Å²) in [5, 5.41) is 2.76. The molecule has 0 unspecified atom stereocenters. The number of amides is 1. The molecule has 7 heteroatoms. The summed E-state index contributed by atoms with van der Waals surface area (Å²) in [6, 6.07) is 6.50. The van der Waals surface area contributed by atoms with Crippen molar-refractivity contribution in [2.75, 3.05) is 30.7 Å². The van der Waals surface area contributed by atoms with Crippen molar-refractivity contribution in [3.05, 3.63) is 29.8 Å². The average Bonchev–Trinajstić information content (AvgIpc) is 2.41. The quantitative estimate of drug-likeness (QED) is 0.678. The highest BCUT2D eigenvalue weighted by atomic mass is 32.2. The van der Waals surface area contributed by atoms with Gasteiger partial charge in [-0.1, -0.05) is 26.0 Å². The molecule has 0 aliphatic carbocycles. The Morgan fingerprint density at radius 2 is 1.95 bits per heavy atom. The van der Waals surface area contributed by atoms with Crippen LogP contribution in [0.25, 0.3) is 0 Å². The van der Waals surface area contributed by atoms with Gasteiger partial charge < -0.3 is 10.1 Å². The van der Waals surface area contributed by atoms with Gasteiger partial charge in [0.25, 0.3) is 5.91 Å². The summed E-state index contributed by atoms with van der Waals surface area (Å²) in [6.45, 7) is 5.92. The van der Waals surface area contributed by atoms with E-state index >= 15 is 0 Å². The second-order valence-corrected chi connectivity index (χ2v) is 7.25. The molecule has 0 saturated carbocycles. The Hall–Kier alpha value is -1.60. The van der Waals surface area contributed by atoms with Gasteiger partial charge in [0, 0.05) is 19.8 Å². The summed E-state index contributed by atoms with van der Waals surface area (Å²) < 4.78 is 30.4. The molecule has 0 saturated heterocycles. The van der Waals surface area contributed by atoms with Gasteiger partial charge in [0.2, 0.25) is 10.0 Å². The fourth-order valence-corrected chi connectivity index (χ4v) is 2.34. The molecule has 6 nitrogen and oxygen atoms in total. The maximum Gasteiger partial charge on any atom is 0.253 e. The van der Waals surface area contributed by atoms with Gasteiger partial charge in [-0.15, -0.1) is 0 Å². The summed E-state index contributed by atoms with van der Waals surface area (Å²) in [4.78, 5) is 12.1. The lowest BCUT2D eigenvalue weighted by atomic mass is 10.1. The number of benzene rings is 1. The van der Waals surface area contributed by atoms with Crippen LogP contribution < -0.4 is 10.0 Å². The molecule has 0 heterocycles. The fourth-order valence-electron chi connectivity index (χ4n) is 1.76. The van der Waals surface area contributed by atoms with E-state index in [9.17, 15) is 13.2 Å². The second-order valence-electron chi connectivity index (χ2n) is 5.50. The summed E-state index contributed by atoms with van der Waals surface area (Å²) >= 11 is 0. The lowest BCUT2D eigenvalue weighted by Crippen LogP contribution is -2.26. The van der Waals surface area contributed by atoms with Crippen LogP contribution in [0.5, 0.6) is 0 Å². The number of rotatable bonds is 9. The summed E-state index contributed by atoms with van der Waals surface area (Å²) in [5.74, 6) is 0.180. The maximum absolute atomic E-state index is 12.1. The van der Waals surface area contributed by atoms with E-state index < -0.39 is 10.0 Å². The Balaban J connectivity index is 2.49. The van der Waals surface area contributed by atoms with Crippen LogP contribution in [0.15, 0.2) is 24.3 Å². The number of carbonyl (C=O) groups excluding carboxylic acids is 1. The van der Waals surface area contributed by atoms with Crippen LogP contribution >= 0.6 is 0 Å². The lowest BCUT2D eigenvalue weighted by Gasteiger charge is -2.11. The number of hydrogen-bond donors (Lipinski definition) is 2. The van der Waals surface area contributed by atoms with Gasteiger partial charge >= 0.3 is 0 Å². The Morgan fingerprint density at radius 3 is 2.59 bits per heavy atom. The van der Waals surface area contributed by atoms with Gasteiger partial charge in [0.1, 0.15) is 0 Å². The highest BCUT2D eigenvalue weighted by Gasteiger charge is 2.12. The number of nitrogens with one attached hydrogen (secondary N) is 2. The van der Waals surface area contributed by atoms with E-state index in [1.807, 2.05) is 0 Å². The standard InChI is InChI=1S/C15H24N2O4S/c1-12(2)11-21-10-6-9-16-15(18)13-7-4-5-8-14(13)17-22(3,19)20/h4-5,7-8,12,17H,6,9-11H2,1-3H3,(H,16,18). The molecule has 124 valence electrons. The minimum Gasteiger partial charge on any atom is -0.381 e. The zero-order valence-corrected chi connectivity index (χ0v) is 14.1. The van der Waals surface area contributed by atoms with Crippen molar-refractivity contribution in [1.29, 1.82) is 0 Å².